The fraction of sp³-hybridized carbons (Fsp3) is 1.00. The summed E-state index contributed by atoms with van der Waals surface area (Å²) in [5.74, 6) is 0. The Hall–Kier alpha value is 0.720. The molecule has 0 heterocycles. The van der Waals surface area contributed by atoms with Gasteiger partial charge in [-0.2, -0.15) is 0 Å². The highest BCUT2D eigenvalue weighted by Gasteiger charge is 1.74. The van der Waals surface area contributed by atoms with Gasteiger partial charge in [-0.15, -0.1) is 21.0 Å². The standard InChI is InChI=1S/C5H13P.ClH/c1-3-5-6-4-2;/h6H,3-5H2,1-2H3;1H. The van der Waals surface area contributed by atoms with Gasteiger partial charge in [-0.25, -0.2) is 0 Å². The second-order valence-corrected chi connectivity index (χ2v) is 3.06. The zero-order valence-electron chi connectivity index (χ0n) is 5.03. The molecule has 0 bridgehead atoms. The highest BCUT2D eigenvalue weighted by Crippen LogP contribution is 2.07. The van der Waals surface area contributed by atoms with Crippen LogP contribution in [0.3, 0.4) is 0 Å². The van der Waals surface area contributed by atoms with Crippen molar-refractivity contribution in [2.75, 3.05) is 12.3 Å². The lowest BCUT2D eigenvalue weighted by atomic mass is 10.6. The third-order valence-electron chi connectivity index (χ3n) is 0.677. The maximum absolute atomic E-state index is 2.24. The monoisotopic (exact) mass is 140 g/mol. The first-order valence-electron chi connectivity index (χ1n) is 2.62. The van der Waals surface area contributed by atoms with E-state index in [1.807, 2.05) is 0 Å². The van der Waals surface area contributed by atoms with Gasteiger partial charge in [0.1, 0.15) is 0 Å². The van der Waals surface area contributed by atoms with Gasteiger partial charge in [0, 0.05) is 0 Å². The van der Waals surface area contributed by atoms with Crippen molar-refractivity contribution in [3.63, 3.8) is 0 Å². The molecule has 0 spiro atoms. The predicted octanol–water partition coefficient (Wildman–Crippen LogP) is 2.52. The van der Waals surface area contributed by atoms with Gasteiger partial charge in [0.05, 0.1) is 0 Å². The number of rotatable bonds is 3. The smallest absolute Gasteiger partial charge is 0.0356 e. The number of hydrogen-bond donors (Lipinski definition) is 0. The van der Waals surface area contributed by atoms with Crippen LogP contribution in [0.2, 0.25) is 0 Å². The molecule has 0 aromatic carbocycles. The van der Waals surface area contributed by atoms with Gasteiger partial charge in [-0.3, -0.25) is 0 Å². The molecule has 0 saturated heterocycles. The van der Waals surface area contributed by atoms with Crippen molar-refractivity contribution in [3.8, 4) is 0 Å². The SMILES string of the molecule is CCCPCC.Cl. The molecule has 0 rings (SSSR count). The minimum Gasteiger partial charge on any atom is -0.147 e. The lowest BCUT2D eigenvalue weighted by Gasteiger charge is -1.87. The van der Waals surface area contributed by atoms with Gasteiger partial charge in [0.2, 0.25) is 0 Å². The van der Waals surface area contributed by atoms with E-state index in [1.54, 1.807) is 0 Å². The molecule has 0 N–H and O–H groups in total. The average Bonchev–Trinajstić information content (AvgIpc) is 1.61. The summed E-state index contributed by atoms with van der Waals surface area (Å²) >= 11 is 0. The first-order valence-corrected chi connectivity index (χ1v) is 4.04. The van der Waals surface area contributed by atoms with Gasteiger partial charge < -0.3 is 0 Å². The van der Waals surface area contributed by atoms with E-state index in [-0.39, 0.29) is 12.4 Å². The van der Waals surface area contributed by atoms with E-state index in [9.17, 15) is 0 Å². The molecule has 0 aliphatic rings. The fourth-order valence-electron chi connectivity index (χ4n) is 0.354. The van der Waals surface area contributed by atoms with Gasteiger partial charge in [0.25, 0.3) is 0 Å². The Bertz CT molecular complexity index is 20.0. The van der Waals surface area contributed by atoms with Crippen molar-refractivity contribution < 1.29 is 0 Å². The van der Waals surface area contributed by atoms with E-state index < -0.39 is 0 Å². The van der Waals surface area contributed by atoms with Crippen LogP contribution in [0.4, 0.5) is 0 Å². The molecule has 0 fully saturated rings. The van der Waals surface area contributed by atoms with Crippen molar-refractivity contribution in [1.82, 2.24) is 0 Å². The van der Waals surface area contributed by atoms with Gasteiger partial charge in [0.15, 0.2) is 0 Å². The molecule has 0 amide bonds. The molecule has 0 aliphatic heterocycles. The van der Waals surface area contributed by atoms with Gasteiger partial charge in [-0.1, -0.05) is 20.3 Å². The molecular formula is C5H14ClP. The minimum atomic E-state index is 0. The first kappa shape index (κ1) is 10.7. The average molecular weight is 141 g/mol. The minimum absolute atomic E-state index is 0. The zero-order valence-corrected chi connectivity index (χ0v) is 6.85. The highest BCUT2D eigenvalue weighted by atomic mass is 35.5. The largest absolute Gasteiger partial charge is 0.147 e. The van der Waals surface area contributed by atoms with Crippen molar-refractivity contribution in [2.45, 2.75) is 20.3 Å². The van der Waals surface area contributed by atoms with E-state index in [1.165, 1.54) is 27.3 Å². The Kier molecular flexibility index (Phi) is 15.0. The summed E-state index contributed by atoms with van der Waals surface area (Å²) in [6.07, 6.45) is 4.19. The number of hydrogen-bond acceptors (Lipinski definition) is 0. The van der Waals surface area contributed by atoms with Crippen LogP contribution in [-0.2, 0) is 0 Å². The van der Waals surface area contributed by atoms with E-state index >= 15 is 0 Å². The maximum atomic E-state index is 2.24. The highest BCUT2D eigenvalue weighted by molar-refractivity contribution is 7.37. The Morgan fingerprint density at radius 1 is 1.29 bits per heavy atom. The summed E-state index contributed by atoms with van der Waals surface area (Å²) < 4.78 is 0. The Labute approximate surface area is 54.3 Å². The summed E-state index contributed by atoms with van der Waals surface area (Å²) in [7, 11) is 1.21. The summed E-state index contributed by atoms with van der Waals surface area (Å²) in [6.45, 7) is 4.48. The molecule has 0 saturated carbocycles. The van der Waals surface area contributed by atoms with E-state index in [2.05, 4.69) is 13.8 Å². The van der Waals surface area contributed by atoms with Crippen LogP contribution >= 0.6 is 21.0 Å². The van der Waals surface area contributed by atoms with Crippen LogP contribution < -0.4 is 0 Å². The Morgan fingerprint density at radius 2 is 1.86 bits per heavy atom. The van der Waals surface area contributed by atoms with Crippen LogP contribution in [0, 0.1) is 0 Å². The van der Waals surface area contributed by atoms with Crippen LogP contribution in [-0.4, -0.2) is 12.3 Å². The molecule has 1 unspecified atom stereocenters. The lowest BCUT2D eigenvalue weighted by molar-refractivity contribution is 1.10. The molecule has 7 heavy (non-hydrogen) atoms. The lowest BCUT2D eigenvalue weighted by Crippen LogP contribution is -1.68. The fourth-order valence-corrected chi connectivity index (χ4v) is 1.06. The Balaban J connectivity index is 0. The Morgan fingerprint density at radius 3 is 2.00 bits per heavy atom. The maximum Gasteiger partial charge on any atom is -0.0356 e. The van der Waals surface area contributed by atoms with Crippen LogP contribution in [0.1, 0.15) is 20.3 Å². The van der Waals surface area contributed by atoms with Crippen LogP contribution in [0.25, 0.3) is 0 Å². The first-order chi connectivity index (χ1) is 2.91. The molecule has 1 atom stereocenters. The molecular weight excluding hydrogens is 126 g/mol. The van der Waals surface area contributed by atoms with Crippen LogP contribution in [0.15, 0.2) is 0 Å². The second kappa shape index (κ2) is 9.87. The third-order valence-corrected chi connectivity index (χ3v) is 2.03. The van der Waals surface area contributed by atoms with Crippen molar-refractivity contribution in [3.05, 3.63) is 0 Å². The van der Waals surface area contributed by atoms with E-state index in [0.29, 0.717) is 0 Å². The molecule has 0 radical (unpaired) electrons. The third kappa shape index (κ3) is 10.8. The molecule has 2 heteroatoms. The van der Waals surface area contributed by atoms with Gasteiger partial charge in [-0.05, 0) is 12.3 Å². The molecule has 0 aromatic rings. The normalized spacial score (nSPS) is 9.43. The molecule has 0 aromatic heterocycles. The zero-order chi connectivity index (χ0) is 4.83. The predicted molar refractivity (Wildman–Crippen MR) is 41.3 cm³/mol. The summed E-state index contributed by atoms with van der Waals surface area (Å²) in [5.41, 5.74) is 0. The summed E-state index contributed by atoms with van der Waals surface area (Å²) in [5, 5.41) is 0. The van der Waals surface area contributed by atoms with Crippen LogP contribution in [0.5, 0.6) is 0 Å². The van der Waals surface area contributed by atoms with Crippen molar-refractivity contribution >= 4 is 21.0 Å². The number of halogens is 1. The van der Waals surface area contributed by atoms with Gasteiger partial charge >= 0.3 is 0 Å². The molecule has 46 valence electrons. The van der Waals surface area contributed by atoms with E-state index in [0.717, 1.165) is 0 Å². The topological polar surface area (TPSA) is 0 Å². The second-order valence-electron chi connectivity index (χ2n) is 1.35. The molecule has 0 aliphatic carbocycles. The quantitative estimate of drug-likeness (QED) is 0.418. The van der Waals surface area contributed by atoms with Crippen molar-refractivity contribution in [1.29, 1.82) is 0 Å². The molecule has 0 nitrogen and oxygen atoms in total. The van der Waals surface area contributed by atoms with E-state index in [4.69, 9.17) is 0 Å². The summed E-state index contributed by atoms with van der Waals surface area (Å²) in [4.78, 5) is 0. The van der Waals surface area contributed by atoms with Crippen molar-refractivity contribution in [2.24, 2.45) is 0 Å². The summed E-state index contributed by atoms with van der Waals surface area (Å²) in [6, 6.07) is 0.